The molecule has 2 N–H and O–H groups in total. The van der Waals surface area contributed by atoms with Crippen LogP contribution in [0, 0.1) is 12.7 Å². The van der Waals surface area contributed by atoms with E-state index in [1.165, 1.54) is 12.1 Å². The van der Waals surface area contributed by atoms with Crippen LogP contribution in [0.25, 0.3) is 0 Å². The summed E-state index contributed by atoms with van der Waals surface area (Å²) < 4.78 is 14.3. The van der Waals surface area contributed by atoms with Crippen LogP contribution in [0.15, 0.2) is 51.8 Å². The zero-order chi connectivity index (χ0) is 13.8. The summed E-state index contributed by atoms with van der Waals surface area (Å²) >= 11 is 5.08. The van der Waals surface area contributed by atoms with Crippen LogP contribution >= 0.6 is 27.7 Å². The lowest BCUT2D eigenvalue weighted by Gasteiger charge is -2.14. The van der Waals surface area contributed by atoms with Crippen LogP contribution in [0.3, 0.4) is 0 Å². The predicted molar refractivity (Wildman–Crippen MR) is 82.9 cm³/mol. The lowest BCUT2D eigenvalue weighted by atomic mass is 10.0. The van der Waals surface area contributed by atoms with Crippen molar-refractivity contribution in [1.82, 2.24) is 0 Å². The summed E-state index contributed by atoms with van der Waals surface area (Å²) in [5.41, 5.74) is 8.06. The molecule has 0 radical (unpaired) electrons. The molecule has 0 aliphatic carbocycles. The minimum Gasteiger partial charge on any atom is -0.323 e. The molecule has 0 amide bonds. The van der Waals surface area contributed by atoms with Gasteiger partial charge in [0.2, 0.25) is 0 Å². The molecule has 0 aliphatic heterocycles. The van der Waals surface area contributed by atoms with E-state index in [1.807, 2.05) is 31.2 Å². The van der Waals surface area contributed by atoms with E-state index in [4.69, 9.17) is 5.73 Å². The monoisotopic (exact) mass is 339 g/mol. The van der Waals surface area contributed by atoms with Crippen LogP contribution in [0.5, 0.6) is 0 Å². The van der Waals surface area contributed by atoms with Gasteiger partial charge in [-0.15, -0.1) is 11.8 Å². The van der Waals surface area contributed by atoms with Gasteiger partial charge >= 0.3 is 0 Å². The van der Waals surface area contributed by atoms with Gasteiger partial charge in [0.25, 0.3) is 0 Å². The van der Waals surface area contributed by atoms with E-state index in [9.17, 15) is 4.39 Å². The lowest BCUT2D eigenvalue weighted by Crippen LogP contribution is -2.14. The van der Waals surface area contributed by atoms with E-state index >= 15 is 0 Å². The van der Waals surface area contributed by atoms with E-state index in [1.54, 1.807) is 17.8 Å². The third-order valence-electron chi connectivity index (χ3n) is 2.88. The first-order valence-corrected chi connectivity index (χ1v) is 7.74. The minimum absolute atomic E-state index is 0.163. The molecule has 19 heavy (non-hydrogen) atoms. The molecule has 0 heterocycles. The molecule has 2 rings (SSSR count). The van der Waals surface area contributed by atoms with E-state index < -0.39 is 0 Å². The lowest BCUT2D eigenvalue weighted by molar-refractivity contribution is 0.621. The maximum atomic E-state index is 13.2. The maximum absolute atomic E-state index is 13.2. The molecule has 0 saturated carbocycles. The number of thioether (sulfide) groups is 1. The Bertz CT molecular complexity index is 557. The topological polar surface area (TPSA) is 26.0 Å². The average molecular weight is 340 g/mol. The second kappa shape index (κ2) is 6.55. The fraction of sp³-hybridized carbons (Fsp3) is 0.200. The summed E-state index contributed by atoms with van der Waals surface area (Å²) in [5.74, 6) is 0.496. The molecule has 1 unspecified atom stereocenters. The van der Waals surface area contributed by atoms with Crippen molar-refractivity contribution < 1.29 is 4.39 Å². The molecule has 0 saturated heterocycles. The standard InChI is InChI=1S/C15H15BrFNS/c1-10-2-5-12(17)8-14(10)15(18)9-19-13-6-3-11(16)4-7-13/h2-8,15H,9,18H2,1H3. The summed E-state index contributed by atoms with van der Waals surface area (Å²) in [5, 5.41) is 0. The third-order valence-corrected chi connectivity index (χ3v) is 4.54. The highest BCUT2D eigenvalue weighted by Crippen LogP contribution is 2.26. The van der Waals surface area contributed by atoms with Gasteiger partial charge in [0.1, 0.15) is 5.82 Å². The number of hydrogen-bond acceptors (Lipinski definition) is 2. The first-order chi connectivity index (χ1) is 9.06. The first kappa shape index (κ1) is 14.6. The maximum Gasteiger partial charge on any atom is 0.123 e. The average Bonchev–Trinajstić information content (AvgIpc) is 2.40. The zero-order valence-electron chi connectivity index (χ0n) is 10.6. The minimum atomic E-state index is -0.232. The highest BCUT2D eigenvalue weighted by Gasteiger charge is 2.10. The SMILES string of the molecule is Cc1ccc(F)cc1C(N)CSc1ccc(Br)cc1. The normalized spacial score (nSPS) is 12.4. The van der Waals surface area contributed by atoms with Crippen molar-refractivity contribution in [2.45, 2.75) is 17.9 Å². The summed E-state index contributed by atoms with van der Waals surface area (Å²) in [7, 11) is 0. The van der Waals surface area contributed by atoms with Crippen LogP contribution in [0.1, 0.15) is 17.2 Å². The highest BCUT2D eigenvalue weighted by atomic mass is 79.9. The Hall–Kier alpha value is -0.840. The number of hydrogen-bond donors (Lipinski definition) is 1. The first-order valence-electron chi connectivity index (χ1n) is 5.96. The fourth-order valence-corrected chi connectivity index (χ4v) is 2.96. The number of benzene rings is 2. The van der Waals surface area contributed by atoms with Crippen LogP contribution in [0.4, 0.5) is 4.39 Å². The van der Waals surface area contributed by atoms with E-state index in [0.717, 1.165) is 26.2 Å². The molecule has 0 bridgehead atoms. The van der Waals surface area contributed by atoms with Gasteiger partial charge < -0.3 is 5.73 Å². The van der Waals surface area contributed by atoms with Crippen molar-refractivity contribution in [3.8, 4) is 0 Å². The Morgan fingerprint density at radius 2 is 1.89 bits per heavy atom. The van der Waals surface area contributed by atoms with Gasteiger partial charge in [-0.3, -0.25) is 0 Å². The Balaban J connectivity index is 2.03. The molecule has 0 spiro atoms. The molecule has 1 atom stereocenters. The molecule has 1 nitrogen and oxygen atoms in total. The summed E-state index contributed by atoms with van der Waals surface area (Å²) in [6, 6.07) is 12.7. The van der Waals surface area contributed by atoms with Gasteiger partial charge in [-0.2, -0.15) is 0 Å². The second-order valence-corrected chi connectivity index (χ2v) is 6.38. The Morgan fingerprint density at radius 3 is 2.58 bits per heavy atom. The molecule has 0 fully saturated rings. The van der Waals surface area contributed by atoms with Crippen molar-refractivity contribution in [2.24, 2.45) is 5.73 Å². The molecule has 100 valence electrons. The number of rotatable bonds is 4. The van der Waals surface area contributed by atoms with Gasteiger partial charge in [-0.25, -0.2) is 4.39 Å². The van der Waals surface area contributed by atoms with Crippen LogP contribution < -0.4 is 5.73 Å². The van der Waals surface area contributed by atoms with Crippen LogP contribution in [-0.2, 0) is 0 Å². The van der Waals surface area contributed by atoms with Gasteiger partial charge in [-0.1, -0.05) is 22.0 Å². The molecule has 0 aliphatic rings. The Morgan fingerprint density at radius 1 is 1.21 bits per heavy atom. The number of nitrogens with two attached hydrogens (primary N) is 1. The molecule has 2 aromatic rings. The van der Waals surface area contributed by atoms with E-state index in [-0.39, 0.29) is 11.9 Å². The molecular weight excluding hydrogens is 325 g/mol. The smallest absolute Gasteiger partial charge is 0.123 e. The van der Waals surface area contributed by atoms with Gasteiger partial charge in [-0.05, 0) is 54.4 Å². The molecule has 0 aromatic heterocycles. The van der Waals surface area contributed by atoms with Gasteiger partial charge in [0, 0.05) is 21.2 Å². The van der Waals surface area contributed by atoms with Crippen LogP contribution in [0.2, 0.25) is 0 Å². The highest BCUT2D eigenvalue weighted by molar-refractivity contribution is 9.10. The largest absolute Gasteiger partial charge is 0.323 e. The van der Waals surface area contributed by atoms with E-state index in [0.29, 0.717) is 0 Å². The Labute approximate surface area is 125 Å². The van der Waals surface area contributed by atoms with Crippen molar-refractivity contribution in [3.05, 3.63) is 63.9 Å². The van der Waals surface area contributed by atoms with Gasteiger partial charge in [0.15, 0.2) is 0 Å². The third kappa shape index (κ3) is 4.06. The van der Waals surface area contributed by atoms with Crippen molar-refractivity contribution in [2.75, 3.05) is 5.75 Å². The van der Waals surface area contributed by atoms with E-state index in [2.05, 4.69) is 15.9 Å². The zero-order valence-corrected chi connectivity index (χ0v) is 13.0. The summed E-state index contributed by atoms with van der Waals surface area (Å²) in [4.78, 5) is 1.16. The van der Waals surface area contributed by atoms with Crippen molar-refractivity contribution in [1.29, 1.82) is 0 Å². The quantitative estimate of drug-likeness (QED) is 0.817. The summed E-state index contributed by atoms with van der Waals surface area (Å²) in [6.45, 7) is 1.96. The van der Waals surface area contributed by atoms with Crippen molar-refractivity contribution >= 4 is 27.7 Å². The number of halogens is 2. The Kier molecular flexibility index (Phi) is 5.02. The van der Waals surface area contributed by atoms with Gasteiger partial charge in [0.05, 0.1) is 0 Å². The molecule has 4 heteroatoms. The fourth-order valence-electron chi connectivity index (χ4n) is 1.82. The molecule has 2 aromatic carbocycles. The number of aryl methyl sites for hydroxylation is 1. The van der Waals surface area contributed by atoms with Crippen molar-refractivity contribution in [3.63, 3.8) is 0 Å². The predicted octanol–water partition coefficient (Wildman–Crippen LogP) is 4.69. The van der Waals surface area contributed by atoms with Crippen LogP contribution in [-0.4, -0.2) is 5.75 Å². The second-order valence-electron chi connectivity index (χ2n) is 4.37. The molecular formula is C15H15BrFNS. The summed E-state index contributed by atoms with van der Waals surface area (Å²) in [6.07, 6.45) is 0.